The molecule has 0 aliphatic rings. The van der Waals surface area contributed by atoms with E-state index in [9.17, 15) is 9.90 Å². The Morgan fingerprint density at radius 3 is 1.58 bits per heavy atom. The third-order valence-corrected chi connectivity index (χ3v) is 1.42. The molecule has 0 fully saturated rings. The van der Waals surface area contributed by atoms with Crippen molar-refractivity contribution < 1.29 is 20.1 Å². The van der Waals surface area contributed by atoms with Crippen LogP contribution in [-0.4, -0.2) is 19.2 Å². The van der Waals surface area contributed by atoms with Crippen LogP contribution in [0.15, 0.2) is 24.3 Å². The summed E-state index contributed by atoms with van der Waals surface area (Å²) in [5.74, 6) is -1.24. The van der Waals surface area contributed by atoms with E-state index in [0.717, 1.165) is 0 Å². The molecule has 0 amide bonds. The molecular weight excluding hydrogens is 274 g/mol. The van der Waals surface area contributed by atoms with E-state index in [1.54, 1.807) is 26.0 Å². The van der Waals surface area contributed by atoms with Crippen LogP contribution in [0.25, 0.3) is 0 Å². The lowest BCUT2D eigenvalue weighted by Crippen LogP contribution is -2.22. The zero-order valence-electron chi connectivity index (χ0n) is 12.2. The fourth-order valence-electron chi connectivity index (χ4n) is 0.627. The minimum absolute atomic E-state index is 0. The van der Waals surface area contributed by atoms with E-state index >= 15 is 0 Å². The molecule has 0 saturated carbocycles. The molecule has 0 radical (unpaired) electrons. The summed E-state index contributed by atoms with van der Waals surface area (Å²) in [4.78, 5) is 10.2. The number of carboxylic acid groups (broad SMARTS) is 1. The van der Waals surface area contributed by atoms with Crippen LogP contribution >= 0.6 is 11.6 Å². The predicted molar refractivity (Wildman–Crippen MR) is 74.8 cm³/mol. The van der Waals surface area contributed by atoms with Crippen molar-refractivity contribution in [1.82, 2.24) is 18.5 Å². The highest BCUT2D eigenvalue weighted by atomic mass is 35.5. The number of quaternary nitrogens is 3. The van der Waals surface area contributed by atoms with Crippen molar-refractivity contribution >= 4 is 17.6 Å². The Bertz CT molecular complexity index is 299. The summed E-state index contributed by atoms with van der Waals surface area (Å²) in [6.45, 7) is 3.14. The summed E-state index contributed by atoms with van der Waals surface area (Å²) in [5.41, 5.74) is 0.0316. The molecule has 116 valence electrons. The summed E-state index contributed by atoms with van der Waals surface area (Å²) in [7, 11) is 0. The van der Waals surface area contributed by atoms with Gasteiger partial charge in [-0.2, -0.15) is 0 Å². The van der Waals surface area contributed by atoms with Crippen molar-refractivity contribution in [3.63, 3.8) is 0 Å². The Morgan fingerprint density at radius 1 is 1.05 bits per heavy atom. The van der Waals surface area contributed by atoms with E-state index in [0.29, 0.717) is 0 Å². The van der Waals surface area contributed by atoms with Crippen molar-refractivity contribution in [3.05, 3.63) is 34.9 Å². The maximum atomic E-state index is 10.2. The first-order valence-corrected chi connectivity index (χ1v) is 5.04. The third-order valence-electron chi connectivity index (χ3n) is 1.09. The zero-order valence-corrected chi connectivity index (χ0v) is 13.0. The van der Waals surface area contributed by atoms with Crippen molar-refractivity contribution in [1.29, 1.82) is 0 Å². The van der Waals surface area contributed by atoms with Gasteiger partial charge in [0.25, 0.3) is 0 Å². The Labute approximate surface area is 119 Å². The topological polar surface area (TPSA) is 196 Å². The second kappa shape index (κ2) is 22.0. The van der Waals surface area contributed by atoms with Gasteiger partial charge in [-0.1, -0.05) is 43.6 Å². The highest BCUT2D eigenvalue weighted by molar-refractivity contribution is 6.33. The molecule has 0 aliphatic heterocycles. The maximum Gasteiger partial charge on any atom is 0.0730 e. The molecule has 1 rings (SSSR count). The van der Waals surface area contributed by atoms with Gasteiger partial charge >= 0.3 is 0 Å². The van der Waals surface area contributed by atoms with Crippen molar-refractivity contribution in [3.8, 4) is 0 Å². The van der Waals surface area contributed by atoms with E-state index in [1.807, 2.05) is 0 Å². The van der Waals surface area contributed by atoms with Crippen LogP contribution in [0.5, 0.6) is 0 Å². The molecule has 0 aromatic heterocycles. The number of hydrogen-bond acceptors (Lipinski definition) is 4. The number of hydrogen-bond donors (Lipinski definition) is 3. The zero-order chi connectivity index (χ0) is 13.0. The molecule has 1 aromatic carbocycles. The number of carbonyl (C=O) groups excluding carboxylic acids is 1. The highest BCUT2D eigenvalue weighted by Crippen LogP contribution is 2.12. The van der Waals surface area contributed by atoms with Gasteiger partial charge in [-0.25, -0.2) is 0 Å². The van der Waals surface area contributed by atoms with Gasteiger partial charge in [0, 0.05) is 10.6 Å². The first kappa shape index (κ1) is 30.7. The molecule has 0 bridgehead atoms. The van der Waals surface area contributed by atoms with Gasteiger partial charge in [0.15, 0.2) is 0 Å². The Hall–Kier alpha value is -1.22. The van der Waals surface area contributed by atoms with Gasteiger partial charge in [0.2, 0.25) is 0 Å². The Balaban J connectivity index is -0.0000000635. The second-order valence-corrected chi connectivity index (χ2v) is 2.75. The molecule has 0 spiro atoms. The lowest BCUT2D eigenvalue weighted by Gasteiger charge is -2.02. The van der Waals surface area contributed by atoms with E-state index < -0.39 is 5.97 Å². The van der Waals surface area contributed by atoms with Gasteiger partial charge in [-0.3, -0.25) is 0 Å². The van der Waals surface area contributed by atoms with Crippen LogP contribution in [0.1, 0.15) is 24.2 Å². The molecule has 7 nitrogen and oxygen atoms in total. The van der Waals surface area contributed by atoms with Crippen molar-refractivity contribution in [2.45, 2.75) is 13.8 Å². The average molecular weight is 300 g/mol. The van der Waals surface area contributed by atoms with E-state index in [-0.39, 0.29) is 42.3 Å². The number of halogens is 1. The second-order valence-electron chi connectivity index (χ2n) is 2.34. The highest BCUT2D eigenvalue weighted by Gasteiger charge is 1.96. The van der Waals surface area contributed by atoms with Crippen molar-refractivity contribution in [2.24, 2.45) is 0 Å². The lowest BCUT2D eigenvalue weighted by molar-refractivity contribution is -0.362. The minimum Gasteiger partial charge on any atom is -0.855 e. The lowest BCUT2D eigenvalue weighted by atomic mass is 10.2. The van der Waals surface area contributed by atoms with Crippen LogP contribution in [0.2, 0.25) is 5.02 Å². The smallest absolute Gasteiger partial charge is 0.0730 e. The van der Waals surface area contributed by atoms with Crippen molar-refractivity contribution in [2.75, 3.05) is 13.2 Å². The summed E-state index contributed by atoms with van der Waals surface area (Å²) >= 11 is 5.50. The summed E-state index contributed by atoms with van der Waals surface area (Å²) in [5, 5.41) is 28.3. The molecule has 19 heavy (non-hydrogen) atoms. The van der Waals surface area contributed by atoms with Gasteiger partial charge in [-0.05, 0) is 6.07 Å². The number of aromatic carboxylic acids is 1. The number of rotatable bonds is 1. The average Bonchev–Trinajstić information content (AvgIpc) is 2.20. The molecule has 0 aliphatic carbocycles. The van der Waals surface area contributed by atoms with Crippen LogP contribution in [-0.2, 0) is 0 Å². The van der Waals surface area contributed by atoms with Gasteiger partial charge in [0.05, 0.1) is 5.97 Å². The fourth-order valence-corrected chi connectivity index (χ4v) is 0.840. The summed E-state index contributed by atoms with van der Waals surface area (Å²) in [6.07, 6.45) is 0. The fraction of sp³-hybridized carbons (Fsp3) is 0.364. The van der Waals surface area contributed by atoms with Crippen LogP contribution in [0.4, 0.5) is 0 Å². The molecule has 0 unspecified atom stereocenters. The SMILES string of the molecule is CC[O-].CC[O-].O=C([O-])c1ccccc1Cl.[NH4+].[NH4+].[NH4+]. The molecule has 12 N–H and O–H groups in total. The van der Waals surface area contributed by atoms with Gasteiger partial charge in [0.1, 0.15) is 0 Å². The monoisotopic (exact) mass is 299 g/mol. The number of benzene rings is 1. The van der Waals surface area contributed by atoms with E-state index in [2.05, 4.69) is 0 Å². The Morgan fingerprint density at radius 2 is 1.37 bits per heavy atom. The molecular formula is C11H26ClN3O4. The molecule has 0 heterocycles. The van der Waals surface area contributed by atoms with E-state index in [4.69, 9.17) is 21.8 Å². The Kier molecular flexibility index (Phi) is 35.5. The molecule has 0 atom stereocenters. The molecule has 1 aromatic rings. The standard InChI is InChI=1S/C7H5ClO2.2C2H5O.3H3N/c8-6-4-2-1-3-5(6)7(9)10;2*1-2-3;;;/h1-4H,(H,9,10);2*2H2,1H3;3*1H3/q;2*-1;;;/p+2. The quantitative estimate of drug-likeness (QED) is 0.681. The first-order chi connectivity index (χ1) is 7.54. The van der Waals surface area contributed by atoms with Gasteiger partial charge < -0.3 is 38.6 Å². The van der Waals surface area contributed by atoms with E-state index in [1.165, 1.54) is 12.1 Å². The van der Waals surface area contributed by atoms with Crippen LogP contribution in [0, 0.1) is 0 Å². The predicted octanol–water partition coefficient (Wildman–Crippen LogP) is 0.565. The minimum atomic E-state index is -1.24. The summed E-state index contributed by atoms with van der Waals surface area (Å²) < 4.78 is 0. The van der Waals surface area contributed by atoms with Gasteiger partial charge in [-0.15, -0.1) is 13.2 Å². The largest absolute Gasteiger partial charge is 0.855 e. The third kappa shape index (κ3) is 19.3. The normalized spacial score (nSPS) is 6.79. The molecule has 0 saturated heterocycles. The number of carbonyl (C=O) groups is 1. The first-order valence-electron chi connectivity index (χ1n) is 4.67. The van der Waals surface area contributed by atoms with Crippen LogP contribution < -0.4 is 33.8 Å². The summed E-state index contributed by atoms with van der Waals surface area (Å²) in [6, 6.07) is 6.16. The number of carboxylic acids is 1. The maximum absolute atomic E-state index is 10.2. The molecule has 8 heteroatoms. The van der Waals surface area contributed by atoms with Crippen LogP contribution in [0.3, 0.4) is 0 Å².